The van der Waals surface area contributed by atoms with Crippen LogP contribution in [0.3, 0.4) is 0 Å². The summed E-state index contributed by atoms with van der Waals surface area (Å²) in [5, 5.41) is 7.90. The lowest BCUT2D eigenvalue weighted by Crippen LogP contribution is -1.89. The number of fused-ring (bicyclic) bond motifs is 3. The molecule has 0 aliphatic rings. The molecule has 0 heteroatoms. The van der Waals surface area contributed by atoms with E-state index in [9.17, 15) is 0 Å². The number of benzene rings is 9. The largest absolute Gasteiger partial charge is 0.0622 e. The zero-order valence-corrected chi connectivity index (χ0v) is 29.6. The molecule has 0 aliphatic carbocycles. The van der Waals surface area contributed by atoms with E-state index in [2.05, 4.69) is 209 Å². The highest BCUT2D eigenvalue weighted by Crippen LogP contribution is 2.39. The van der Waals surface area contributed by atoms with Crippen LogP contribution in [0.15, 0.2) is 200 Å². The first-order valence-corrected chi connectivity index (χ1v) is 17.7. The fourth-order valence-corrected chi connectivity index (χ4v) is 6.76. The van der Waals surface area contributed by atoms with Crippen LogP contribution in [0.1, 0.15) is 16.7 Å². The van der Waals surface area contributed by atoms with E-state index in [0.717, 1.165) is 0 Å². The summed E-state index contributed by atoms with van der Waals surface area (Å²) >= 11 is 0. The van der Waals surface area contributed by atoms with E-state index in [0.29, 0.717) is 0 Å². The Balaban J connectivity index is 0.000000132. The van der Waals surface area contributed by atoms with Gasteiger partial charge in [0.1, 0.15) is 0 Å². The van der Waals surface area contributed by atoms with E-state index >= 15 is 0 Å². The molecule has 9 rings (SSSR count). The third-order valence-electron chi connectivity index (χ3n) is 9.56. The Bertz CT molecular complexity index is 2370. The SMILES string of the molecule is Cc1c2ccccc2c(-c2ccc3ccccc3c2)c2ccccc12.Cc1ccc(-c2ccccc2)cc1.Cc1ccc(-c2ccccc2)cc1. The van der Waals surface area contributed by atoms with Crippen LogP contribution >= 0.6 is 0 Å². The maximum Gasteiger partial charge on any atom is -0.00264 e. The van der Waals surface area contributed by atoms with Gasteiger partial charge in [0, 0.05) is 0 Å². The minimum atomic E-state index is 1.28. The van der Waals surface area contributed by atoms with E-state index in [1.54, 1.807) is 0 Å². The highest BCUT2D eigenvalue weighted by atomic mass is 14.2. The summed E-state index contributed by atoms with van der Waals surface area (Å²) in [6.45, 7) is 6.44. The molecule has 9 aromatic rings. The molecular formula is C51H42. The molecule has 0 heterocycles. The van der Waals surface area contributed by atoms with Crippen molar-refractivity contribution in [2.75, 3.05) is 0 Å². The quantitative estimate of drug-likeness (QED) is 0.166. The number of hydrogen-bond acceptors (Lipinski definition) is 0. The van der Waals surface area contributed by atoms with Crippen LogP contribution in [-0.2, 0) is 0 Å². The normalized spacial score (nSPS) is 10.6. The van der Waals surface area contributed by atoms with Gasteiger partial charge in [-0.05, 0) is 98.1 Å². The van der Waals surface area contributed by atoms with Crippen LogP contribution in [0.25, 0.3) is 65.7 Å². The Morgan fingerprint density at radius 1 is 0.255 bits per heavy atom. The number of hydrogen-bond donors (Lipinski definition) is 0. The molecule has 51 heavy (non-hydrogen) atoms. The van der Waals surface area contributed by atoms with Gasteiger partial charge in [0.2, 0.25) is 0 Å². The maximum atomic E-state index is 2.32. The highest BCUT2D eigenvalue weighted by Gasteiger charge is 2.13. The summed E-state index contributed by atoms with van der Waals surface area (Å²) in [5.74, 6) is 0. The first-order chi connectivity index (χ1) is 25.0. The molecule has 0 atom stereocenters. The van der Waals surface area contributed by atoms with E-state index in [1.807, 2.05) is 12.1 Å². The van der Waals surface area contributed by atoms with Gasteiger partial charge >= 0.3 is 0 Å². The van der Waals surface area contributed by atoms with Crippen molar-refractivity contribution in [3.05, 3.63) is 217 Å². The first-order valence-electron chi connectivity index (χ1n) is 17.7. The van der Waals surface area contributed by atoms with Crippen molar-refractivity contribution in [3.63, 3.8) is 0 Å². The molecule has 0 aliphatic heterocycles. The smallest absolute Gasteiger partial charge is 0.00264 e. The van der Waals surface area contributed by atoms with Gasteiger partial charge in [-0.1, -0.05) is 205 Å². The van der Waals surface area contributed by atoms with Crippen molar-refractivity contribution in [3.8, 4) is 33.4 Å². The second-order valence-corrected chi connectivity index (χ2v) is 13.1. The Labute approximate surface area is 302 Å². The van der Waals surface area contributed by atoms with Crippen molar-refractivity contribution >= 4 is 32.3 Å². The van der Waals surface area contributed by atoms with Crippen LogP contribution in [0.2, 0.25) is 0 Å². The van der Waals surface area contributed by atoms with Gasteiger partial charge < -0.3 is 0 Å². The summed E-state index contributed by atoms with van der Waals surface area (Å²) in [6.07, 6.45) is 0. The van der Waals surface area contributed by atoms with Gasteiger partial charge in [-0.15, -0.1) is 0 Å². The zero-order chi connectivity index (χ0) is 35.0. The minimum Gasteiger partial charge on any atom is -0.0622 e. The summed E-state index contributed by atoms with van der Waals surface area (Å²) in [4.78, 5) is 0. The monoisotopic (exact) mass is 654 g/mol. The second kappa shape index (κ2) is 15.5. The van der Waals surface area contributed by atoms with Crippen LogP contribution in [-0.4, -0.2) is 0 Å². The number of rotatable bonds is 3. The van der Waals surface area contributed by atoms with E-state index in [1.165, 1.54) is 82.4 Å². The number of aryl methyl sites for hydroxylation is 3. The highest BCUT2D eigenvalue weighted by molar-refractivity contribution is 6.15. The minimum absolute atomic E-state index is 1.28. The van der Waals surface area contributed by atoms with E-state index in [4.69, 9.17) is 0 Å². The molecular weight excluding hydrogens is 613 g/mol. The molecule has 0 N–H and O–H groups in total. The average Bonchev–Trinajstić information content (AvgIpc) is 3.20. The third kappa shape index (κ3) is 7.67. The first kappa shape index (κ1) is 33.3. The van der Waals surface area contributed by atoms with Gasteiger partial charge in [0.05, 0.1) is 0 Å². The van der Waals surface area contributed by atoms with Gasteiger partial charge in [0.15, 0.2) is 0 Å². The second-order valence-electron chi connectivity index (χ2n) is 13.1. The molecule has 0 amide bonds. The lowest BCUT2D eigenvalue weighted by Gasteiger charge is -2.15. The lowest BCUT2D eigenvalue weighted by atomic mass is 9.88. The molecule has 0 fully saturated rings. The fraction of sp³-hybridized carbons (Fsp3) is 0.0588. The van der Waals surface area contributed by atoms with E-state index in [-0.39, 0.29) is 0 Å². The zero-order valence-electron chi connectivity index (χ0n) is 29.6. The molecule has 9 aromatic carbocycles. The molecule has 0 saturated carbocycles. The molecule has 0 radical (unpaired) electrons. The molecule has 0 bridgehead atoms. The Kier molecular flexibility index (Phi) is 10.1. The molecule has 0 aromatic heterocycles. The van der Waals surface area contributed by atoms with Gasteiger partial charge in [0.25, 0.3) is 0 Å². The average molecular weight is 655 g/mol. The Hall–Kier alpha value is -6.24. The Morgan fingerprint density at radius 3 is 1.08 bits per heavy atom. The van der Waals surface area contributed by atoms with Crippen LogP contribution in [0.5, 0.6) is 0 Å². The molecule has 0 saturated heterocycles. The topological polar surface area (TPSA) is 0 Å². The van der Waals surface area contributed by atoms with Crippen LogP contribution in [0, 0.1) is 20.8 Å². The summed E-state index contributed by atoms with van der Waals surface area (Å²) in [7, 11) is 0. The summed E-state index contributed by atoms with van der Waals surface area (Å²) < 4.78 is 0. The van der Waals surface area contributed by atoms with Crippen molar-refractivity contribution in [1.82, 2.24) is 0 Å². The van der Waals surface area contributed by atoms with Crippen molar-refractivity contribution in [2.24, 2.45) is 0 Å². The predicted octanol–water partition coefficient (Wildman–Crippen LogP) is 14.4. The maximum absolute atomic E-state index is 2.32. The van der Waals surface area contributed by atoms with Crippen LogP contribution in [0.4, 0.5) is 0 Å². The lowest BCUT2D eigenvalue weighted by molar-refractivity contribution is 1.47. The van der Waals surface area contributed by atoms with Gasteiger partial charge in [-0.2, -0.15) is 0 Å². The van der Waals surface area contributed by atoms with Gasteiger partial charge in [-0.25, -0.2) is 0 Å². The van der Waals surface area contributed by atoms with E-state index < -0.39 is 0 Å². The molecule has 0 nitrogen and oxygen atoms in total. The molecule has 246 valence electrons. The summed E-state index contributed by atoms with van der Waals surface area (Å²) in [6, 6.07) is 70.9. The third-order valence-corrected chi connectivity index (χ3v) is 9.56. The van der Waals surface area contributed by atoms with Crippen molar-refractivity contribution < 1.29 is 0 Å². The fourth-order valence-electron chi connectivity index (χ4n) is 6.76. The Morgan fingerprint density at radius 2 is 0.608 bits per heavy atom. The van der Waals surface area contributed by atoms with Crippen molar-refractivity contribution in [2.45, 2.75) is 20.8 Å². The van der Waals surface area contributed by atoms with Crippen molar-refractivity contribution in [1.29, 1.82) is 0 Å². The van der Waals surface area contributed by atoms with Crippen LogP contribution < -0.4 is 0 Å². The molecule has 0 spiro atoms. The van der Waals surface area contributed by atoms with Gasteiger partial charge in [-0.3, -0.25) is 0 Å². The molecule has 0 unspecified atom stereocenters. The standard InChI is InChI=1S/C25H18.2C13H12/c1-17-21-10-4-6-12-23(21)25(24-13-7-5-11-22(17)24)20-15-14-18-8-2-3-9-19(18)16-20;2*1-11-7-9-13(10-8-11)12-5-3-2-4-6-12/h2-16H,1H3;2*2-10H,1H3. The predicted molar refractivity (Wildman–Crippen MR) is 222 cm³/mol. The summed E-state index contributed by atoms with van der Waals surface area (Å²) in [5.41, 5.74) is 11.7.